The molecule has 8 heteroatoms. The van der Waals surface area contributed by atoms with Gasteiger partial charge in [0.05, 0.1) is 10.9 Å². The van der Waals surface area contributed by atoms with Crippen LogP contribution >= 0.6 is 23.6 Å². The molecule has 0 atom stereocenters. The number of fused-ring (bicyclic) bond motifs is 1. The monoisotopic (exact) mass is 304 g/mol. The summed E-state index contributed by atoms with van der Waals surface area (Å²) in [5, 5.41) is 5.42. The lowest BCUT2D eigenvalue weighted by Gasteiger charge is -2.03. The maximum Gasteiger partial charge on any atom is 0.259 e. The molecule has 0 saturated carbocycles. The fourth-order valence-corrected chi connectivity index (χ4v) is 2.49. The first kappa shape index (κ1) is 12.7. The molecular formula is C12H8N4O2S2. The van der Waals surface area contributed by atoms with Crippen molar-refractivity contribution in [2.24, 2.45) is 0 Å². The van der Waals surface area contributed by atoms with Crippen molar-refractivity contribution in [2.75, 3.05) is 5.32 Å². The van der Waals surface area contributed by atoms with Gasteiger partial charge < -0.3 is 4.98 Å². The molecular weight excluding hydrogens is 296 g/mol. The van der Waals surface area contributed by atoms with Crippen molar-refractivity contribution in [3.05, 3.63) is 50.5 Å². The number of benzene rings is 1. The van der Waals surface area contributed by atoms with Crippen LogP contribution in [0.25, 0.3) is 10.9 Å². The standard InChI is InChI=1S/C12H8N4O2S2/c17-9(16-12-13-3-4-20-12)6-1-2-7-8(5-6)14-11(19)15-10(7)18/h1-5H,(H,13,16,17)(H2,14,15,18,19). The number of hydrogen-bond acceptors (Lipinski definition) is 5. The lowest BCUT2D eigenvalue weighted by molar-refractivity contribution is 0.102. The summed E-state index contributed by atoms with van der Waals surface area (Å²) in [6, 6.07) is 4.75. The van der Waals surface area contributed by atoms with E-state index >= 15 is 0 Å². The maximum absolute atomic E-state index is 12.1. The summed E-state index contributed by atoms with van der Waals surface area (Å²) >= 11 is 6.24. The maximum atomic E-state index is 12.1. The first-order chi connectivity index (χ1) is 9.63. The van der Waals surface area contributed by atoms with E-state index in [9.17, 15) is 9.59 Å². The van der Waals surface area contributed by atoms with Crippen LogP contribution < -0.4 is 10.9 Å². The van der Waals surface area contributed by atoms with Gasteiger partial charge in [0.1, 0.15) is 0 Å². The molecule has 6 nitrogen and oxygen atoms in total. The van der Waals surface area contributed by atoms with Crippen molar-refractivity contribution < 1.29 is 4.79 Å². The Morgan fingerprint density at radius 1 is 1.35 bits per heavy atom. The Morgan fingerprint density at radius 2 is 2.20 bits per heavy atom. The molecule has 3 N–H and O–H groups in total. The van der Waals surface area contributed by atoms with Gasteiger partial charge in [-0.2, -0.15) is 0 Å². The van der Waals surface area contributed by atoms with Gasteiger partial charge in [-0.05, 0) is 30.4 Å². The average Bonchev–Trinajstić information content (AvgIpc) is 2.90. The lowest BCUT2D eigenvalue weighted by atomic mass is 10.1. The second kappa shape index (κ2) is 4.99. The molecule has 0 radical (unpaired) electrons. The molecule has 2 aromatic heterocycles. The zero-order valence-electron chi connectivity index (χ0n) is 9.97. The number of anilines is 1. The second-order valence-electron chi connectivity index (χ2n) is 3.96. The van der Waals surface area contributed by atoms with Crippen molar-refractivity contribution in [2.45, 2.75) is 0 Å². The molecule has 0 fully saturated rings. The van der Waals surface area contributed by atoms with Crippen molar-refractivity contribution in [1.29, 1.82) is 0 Å². The van der Waals surface area contributed by atoms with E-state index in [1.807, 2.05) is 0 Å². The summed E-state index contributed by atoms with van der Waals surface area (Å²) in [6.45, 7) is 0. The fourth-order valence-electron chi connectivity index (χ4n) is 1.77. The van der Waals surface area contributed by atoms with Crippen molar-refractivity contribution in [3.63, 3.8) is 0 Å². The van der Waals surface area contributed by atoms with Gasteiger partial charge in [-0.25, -0.2) is 4.98 Å². The number of thiazole rings is 1. The van der Waals surface area contributed by atoms with Crippen LogP contribution in [0.1, 0.15) is 10.4 Å². The van der Waals surface area contributed by atoms with Gasteiger partial charge in [0.25, 0.3) is 11.5 Å². The van der Waals surface area contributed by atoms with Crippen LogP contribution in [0, 0.1) is 4.77 Å². The number of H-pyrrole nitrogens is 2. The van der Waals surface area contributed by atoms with Gasteiger partial charge in [0.2, 0.25) is 0 Å². The van der Waals surface area contributed by atoms with Gasteiger partial charge in [0.15, 0.2) is 9.90 Å². The number of carbonyl (C=O) groups excluding carboxylic acids is 1. The van der Waals surface area contributed by atoms with Crippen LogP contribution in [-0.4, -0.2) is 20.9 Å². The molecule has 3 rings (SSSR count). The Balaban J connectivity index is 2.02. The zero-order chi connectivity index (χ0) is 14.1. The van der Waals surface area contributed by atoms with Crippen LogP contribution in [-0.2, 0) is 0 Å². The third-order valence-corrected chi connectivity index (χ3v) is 3.55. The van der Waals surface area contributed by atoms with E-state index in [-0.39, 0.29) is 16.2 Å². The molecule has 100 valence electrons. The normalized spacial score (nSPS) is 10.6. The number of aromatic nitrogens is 3. The summed E-state index contributed by atoms with van der Waals surface area (Å²) in [7, 11) is 0. The minimum absolute atomic E-state index is 0.222. The molecule has 1 amide bonds. The first-order valence-electron chi connectivity index (χ1n) is 5.61. The highest BCUT2D eigenvalue weighted by Crippen LogP contribution is 2.14. The largest absolute Gasteiger partial charge is 0.332 e. The molecule has 3 aromatic rings. The number of amides is 1. The summed E-state index contributed by atoms with van der Waals surface area (Å²) in [5.41, 5.74) is 0.658. The van der Waals surface area contributed by atoms with Crippen molar-refractivity contribution in [3.8, 4) is 0 Å². The SMILES string of the molecule is O=C(Nc1nccs1)c1ccc2c(=O)[nH]c(=S)[nH]c2c1. The number of rotatable bonds is 2. The lowest BCUT2D eigenvalue weighted by Crippen LogP contribution is -2.13. The van der Waals surface area contributed by atoms with E-state index in [1.54, 1.807) is 29.8 Å². The Labute approximate surface area is 121 Å². The van der Waals surface area contributed by atoms with Crippen LogP contribution in [0.4, 0.5) is 5.13 Å². The molecule has 0 unspecified atom stereocenters. The molecule has 20 heavy (non-hydrogen) atoms. The van der Waals surface area contributed by atoms with Gasteiger partial charge >= 0.3 is 0 Å². The molecule has 0 aliphatic carbocycles. The van der Waals surface area contributed by atoms with E-state index in [2.05, 4.69) is 20.3 Å². The first-order valence-corrected chi connectivity index (χ1v) is 6.89. The molecule has 1 aromatic carbocycles. The fraction of sp³-hybridized carbons (Fsp3) is 0. The van der Waals surface area contributed by atoms with Crippen molar-refractivity contribution >= 4 is 45.5 Å². The number of nitrogens with one attached hydrogen (secondary N) is 3. The second-order valence-corrected chi connectivity index (χ2v) is 5.26. The quantitative estimate of drug-likeness (QED) is 0.634. The van der Waals surface area contributed by atoms with Gasteiger partial charge in [-0.1, -0.05) is 0 Å². The summed E-state index contributed by atoms with van der Waals surface area (Å²) in [6.07, 6.45) is 1.61. The highest BCUT2D eigenvalue weighted by atomic mass is 32.1. The van der Waals surface area contributed by atoms with Crippen LogP contribution in [0.5, 0.6) is 0 Å². The Kier molecular flexibility index (Phi) is 3.17. The Bertz CT molecular complexity index is 896. The highest BCUT2D eigenvalue weighted by Gasteiger charge is 2.09. The molecule has 0 aliphatic rings. The summed E-state index contributed by atoms with van der Waals surface area (Å²) in [5.74, 6) is -0.290. The number of nitrogens with zero attached hydrogens (tertiary/aromatic N) is 1. The summed E-state index contributed by atoms with van der Waals surface area (Å²) < 4.78 is 0.222. The average molecular weight is 304 g/mol. The Morgan fingerprint density at radius 3 is 2.95 bits per heavy atom. The molecule has 0 bridgehead atoms. The smallest absolute Gasteiger partial charge is 0.259 e. The van der Waals surface area contributed by atoms with E-state index in [1.165, 1.54) is 11.3 Å². The number of aromatic amines is 2. The van der Waals surface area contributed by atoms with Crippen LogP contribution in [0.2, 0.25) is 0 Å². The van der Waals surface area contributed by atoms with Gasteiger partial charge in [-0.3, -0.25) is 19.9 Å². The van der Waals surface area contributed by atoms with E-state index < -0.39 is 0 Å². The van der Waals surface area contributed by atoms with Gasteiger partial charge in [0, 0.05) is 17.1 Å². The van der Waals surface area contributed by atoms with Crippen molar-refractivity contribution in [1.82, 2.24) is 15.0 Å². The van der Waals surface area contributed by atoms with E-state index in [0.717, 1.165) is 0 Å². The zero-order valence-corrected chi connectivity index (χ0v) is 11.6. The van der Waals surface area contributed by atoms with Gasteiger partial charge in [-0.15, -0.1) is 11.3 Å². The van der Waals surface area contributed by atoms with Crippen LogP contribution in [0.3, 0.4) is 0 Å². The molecule has 0 spiro atoms. The third kappa shape index (κ3) is 2.38. The predicted octanol–water partition coefficient (Wildman–Crippen LogP) is 2.29. The molecule has 2 heterocycles. The highest BCUT2D eigenvalue weighted by molar-refractivity contribution is 7.71. The summed E-state index contributed by atoms with van der Waals surface area (Å²) in [4.78, 5) is 33.1. The molecule has 0 aliphatic heterocycles. The number of carbonyl (C=O) groups is 1. The minimum Gasteiger partial charge on any atom is -0.332 e. The van der Waals surface area contributed by atoms with Crippen LogP contribution in [0.15, 0.2) is 34.6 Å². The number of hydrogen-bond donors (Lipinski definition) is 3. The topological polar surface area (TPSA) is 90.6 Å². The van der Waals surface area contributed by atoms with E-state index in [0.29, 0.717) is 21.6 Å². The Hall–Kier alpha value is -2.32. The minimum atomic E-state index is -0.290. The van der Waals surface area contributed by atoms with E-state index in [4.69, 9.17) is 12.2 Å². The third-order valence-electron chi connectivity index (χ3n) is 2.65. The molecule has 0 saturated heterocycles. The predicted molar refractivity (Wildman–Crippen MR) is 79.8 cm³/mol.